The van der Waals surface area contributed by atoms with Crippen molar-refractivity contribution in [3.63, 3.8) is 0 Å². The summed E-state index contributed by atoms with van der Waals surface area (Å²) in [5.74, 6) is 1.15. The van der Waals surface area contributed by atoms with Crippen LogP contribution in [0.15, 0.2) is 48.5 Å². The van der Waals surface area contributed by atoms with E-state index in [0.717, 1.165) is 11.1 Å². The first-order chi connectivity index (χ1) is 15.4. The summed E-state index contributed by atoms with van der Waals surface area (Å²) in [6, 6.07) is 13.8. The smallest absolute Gasteiger partial charge is 0.248 e. The second-order valence-electron chi connectivity index (χ2n) is 9.05. The van der Waals surface area contributed by atoms with E-state index in [-0.39, 0.29) is 17.6 Å². The molecule has 0 unspecified atom stereocenters. The Bertz CT molecular complexity index is 969. The molecule has 1 amide bonds. The van der Waals surface area contributed by atoms with Crippen LogP contribution in [-0.2, 0) is 19.7 Å². The van der Waals surface area contributed by atoms with Crippen molar-refractivity contribution in [3.8, 4) is 11.5 Å². The highest BCUT2D eigenvalue weighted by Crippen LogP contribution is 2.33. The molecule has 0 spiro atoms. The lowest BCUT2D eigenvalue weighted by Crippen LogP contribution is -2.16. The minimum absolute atomic E-state index is 0.0730. The van der Waals surface area contributed by atoms with Crippen molar-refractivity contribution in [3.05, 3.63) is 59.7 Å². The fraction of sp³-hybridized carbons (Fsp3) is 0.423. The van der Waals surface area contributed by atoms with Crippen LogP contribution >= 0.6 is 0 Å². The molecule has 6 heteroatoms. The molecule has 2 aromatic rings. The Hall–Kier alpha value is -2.83. The summed E-state index contributed by atoms with van der Waals surface area (Å²) in [6.45, 7) is 8.84. The molecule has 2 aromatic carbocycles. The number of nitrogens with one attached hydrogen (secondary N) is 1. The van der Waals surface area contributed by atoms with E-state index >= 15 is 0 Å². The van der Waals surface area contributed by atoms with Crippen molar-refractivity contribution in [2.24, 2.45) is 0 Å². The highest BCUT2D eigenvalue weighted by atomic mass is 16.7. The van der Waals surface area contributed by atoms with Crippen molar-refractivity contribution in [1.29, 1.82) is 0 Å². The van der Waals surface area contributed by atoms with E-state index in [0.29, 0.717) is 56.5 Å². The number of ether oxygens (including phenoxy) is 4. The SMILES string of the molecule is CC(C)(C)c1ccc(/C(=C/C(=O)Nc2ccc3c(c2)OCCO3)CCC2OCCO2)cc1. The fourth-order valence-corrected chi connectivity index (χ4v) is 3.79. The number of hydrogen-bond donors (Lipinski definition) is 1. The van der Waals surface area contributed by atoms with Crippen LogP contribution in [0.25, 0.3) is 5.57 Å². The lowest BCUT2D eigenvalue weighted by Gasteiger charge is -2.20. The highest BCUT2D eigenvalue weighted by molar-refractivity contribution is 6.04. The zero-order valence-electron chi connectivity index (χ0n) is 19.0. The Morgan fingerprint density at radius 2 is 1.66 bits per heavy atom. The van der Waals surface area contributed by atoms with Crippen molar-refractivity contribution in [1.82, 2.24) is 0 Å². The first-order valence-corrected chi connectivity index (χ1v) is 11.1. The molecule has 2 aliphatic rings. The molecule has 32 heavy (non-hydrogen) atoms. The average Bonchev–Trinajstić information content (AvgIpc) is 3.30. The minimum atomic E-state index is -0.215. The van der Waals surface area contributed by atoms with Gasteiger partial charge in [-0.2, -0.15) is 0 Å². The molecule has 2 heterocycles. The van der Waals surface area contributed by atoms with Crippen LogP contribution in [-0.4, -0.2) is 38.6 Å². The molecule has 0 bridgehead atoms. The van der Waals surface area contributed by atoms with Gasteiger partial charge in [-0.25, -0.2) is 0 Å². The summed E-state index contributed by atoms with van der Waals surface area (Å²) < 4.78 is 22.3. The number of anilines is 1. The van der Waals surface area contributed by atoms with Gasteiger partial charge in [-0.3, -0.25) is 4.79 Å². The van der Waals surface area contributed by atoms with Crippen LogP contribution < -0.4 is 14.8 Å². The summed E-state index contributed by atoms with van der Waals surface area (Å²) in [5, 5.41) is 2.94. The molecule has 1 N–H and O–H groups in total. The normalized spacial score (nSPS) is 16.8. The zero-order chi connectivity index (χ0) is 22.6. The minimum Gasteiger partial charge on any atom is -0.486 e. The molecule has 2 aliphatic heterocycles. The molecule has 1 saturated heterocycles. The topological polar surface area (TPSA) is 66.0 Å². The second kappa shape index (κ2) is 9.76. The Balaban J connectivity index is 1.51. The molecule has 170 valence electrons. The summed E-state index contributed by atoms with van der Waals surface area (Å²) in [7, 11) is 0. The van der Waals surface area contributed by atoms with Gasteiger partial charge >= 0.3 is 0 Å². The Labute approximate surface area is 189 Å². The Morgan fingerprint density at radius 1 is 0.969 bits per heavy atom. The maximum Gasteiger partial charge on any atom is 0.248 e. The van der Waals surface area contributed by atoms with Crippen molar-refractivity contribution < 1.29 is 23.7 Å². The number of carbonyl (C=O) groups excluding carboxylic acids is 1. The Kier molecular flexibility index (Phi) is 6.82. The first kappa shape index (κ1) is 22.4. The van der Waals surface area contributed by atoms with Gasteiger partial charge in [-0.1, -0.05) is 45.0 Å². The van der Waals surface area contributed by atoms with E-state index in [4.69, 9.17) is 18.9 Å². The van der Waals surface area contributed by atoms with Crippen LogP contribution in [0.5, 0.6) is 11.5 Å². The summed E-state index contributed by atoms with van der Waals surface area (Å²) in [6.07, 6.45) is 2.82. The first-order valence-electron chi connectivity index (χ1n) is 11.1. The van der Waals surface area contributed by atoms with Crippen molar-refractivity contribution in [2.45, 2.75) is 45.3 Å². The summed E-state index contributed by atoms with van der Waals surface area (Å²) in [4.78, 5) is 12.9. The van der Waals surface area contributed by atoms with Gasteiger partial charge in [0.15, 0.2) is 17.8 Å². The van der Waals surface area contributed by atoms with Gasteiger partial charge in [0.2, 0.25) is 5.91 Å². The molecule has 6 nitrogen and oxygen atoms in total. The van der Waals surface area contributed by atoms with Gasteiger partial charge < -0.3 is 24.3 Å². The van der Waals surface area contributed by atoms with Gasteiger partial charge in [0.1, 0.15) is 13.2 Å². The van der Waals surface area contributed by atoms with Gasteiger partial charge in [-0.05, 0) is 40.7 Å². The van der Waals surface area contributed by atoms with Gasteiger partial charge in [-0.15, -0.1) is 0 Å². The number of carbonyl (C=O) groups is 1. The highest BCUT2D eigenvalue weighted by Gasteiger charge is 2.19. The van der Waals surface area contributed by atoms with Crippen LogP contribution in [0.4, 0.5) is 5.69 Å². The number of fused-ring (bicyclic) bond motifs is 1. The third kappa shape index (κ3) is 5.69. The summed E-state index contributed by atoms with van der Waals surface area (Å²) >= 11 is 0. The molecular weight excluding hydrogens is 406 g/mol. The van der Waals surface area contributed by atoms with Gasteiger partial charge in [0, 0.05) is 24.3 Å². The molecule has 0 radical (unpaired) electrons. The van der Waals surface area contributed by atoms with E-state index in [1.54, 1.807) is 12.1 Å². The number of benzene rings is 2. The van der Waals surface area contributed by atoms with Gasteiger partial charge in [0.25, 0.3) is 0 Å². The molecular formula is C26H31NO5. The number of hydrogen-bond acceptors (Lipinski definition) is 5. The maximum absolute atomic E-state index is 12.9. The van der Waals surface area contributed by atoms with E-state index in [1.165, 1.54) is 5.56 Å². The largest absolute Gasteiger partial charge is 0.486 e. The molecule has 0 aliphatic carbocycles. The van der Waals surface area contributed by atoms with Crippen LogP contribution in [0.1, 0.15) is 44.7 Å². The van der Waals surface area contributed by atoms with Gasteiger partial charge in [0.05, 0.1) is 13.2 Å². The van der Waals surface area contributed by atoms with Crippen molar-refractivity contribution in [2.75, 3.05) is 31.7 Å². The van der Waals surface area contributed by atoms with E-state index in [9.17, 15) is 4.79 Å². The van der Waals surface area contributed by atoms with E-state index < -0.39 is 0 Å². The average molecular weight is 438 g/mol. The molecule has 0 atom stereocenters. The number of allylic oxidation sites excluding steroid dienone is 1. The lowest BCUT2D eigenvalue weighted by atomic mass is 9.86. The molecule has 1 fully saturated rings. The second-order valence-corrected chi connectivity index (χ2v) is 9.05. The van der Waals surface area contributed by atoms with Crippen molar-refractivity contribution >= 4 is 17.2 Å². The summed E-state index contributed by atoms with van der Waals surface area (Å²) in [5.41, 5.74) is 3.96. The van der Waals surface area contributed by atoms with Crippen LogP contribution in [0, 0.1) is 0 Å². The van der Waals surface area contributed by atoms with E-state index in [1.807, 2.05) is 12.1 Å². The third-order valence-electron chi connectivity index (χ3n) is 5.58. The fourth-order valence-electron chi connectivity index (χ4n) is 3.79. The lowest BCUT2D eigenvalue weighted by molar-refractivity contribution is -0.111. The standard InChI is InChI=1S/C26H31NO5/c1-26(2,3)20-7-4-18(5-8-20)19(6-11-25-31-14-15-32-25)16-24(28)27-21-9-10-22-23(17-21)30-13-12-29-22/h4-5,7-10,16-17,25H,6,11-15H2,1-3H3,(H,27,28)/b19-16+. The monoisotopic (exact) mass is 437 g/mol. The zero-order valence-corrected chi connectivity index (χ0v) is 19.0. The molecule has 0 aromatic heterocycles. The Morgan fingerprint density at radius 3 is 2.34 bits per heavy atom. The number of amides is 1. The molecule has 0 saturated carbocycles. The van der Waals surface area contributed by atoms with Crippen LogP contribution in [0.2, 0.25) is 0 Å². The predicted octanol–water partition coefficient (Wildman–Crippen LogP) is 4.93. The van der Waals surface area contributed by atoms with Crippen LogP contribution in [0.3, 0.4) is 0 Å². The quantitative estimate of drug-likeness (QED) is 0.649. The predicted molar refractivity (Wildman–Crippen MR) is 124 cm³/mol. The third-order valence-corrected chi connectivity index (χ3v) is 5.58. The molecule has 4 rings (SSSR count). The number of rotatable bonds is 6. The maximum atomic E-state index is 12.9. The van der Waals surface area contributed by atoms with E-state index in [2.05, 4.69) is 50.4 Å².